The lowest BCUT2D eigenvalue weighted by Crippen LogP contribution is -2.11. The van der Waals surface area contributed by atoms with Crippen LogP contribution in [0.25, 0.3) is 0 Å². The van der Waals surface area contributed by atoms with E-state index in [1.807, 2.05) is 26.8 Å². The molecule has 0 bridgehead atoms. The van der Waals surface area contributed by atoms with Gasteiger partial charge in [0, 0.05) is 6.42 Å². The van der Waals surface area contributed by atoms with Crippen LogP contribution < -0.4 is 0 Å². The molecule has 72 valence electrons. The van der Waals surface area contributed by atoms with Crippen molar-refractivity contribution in [2.75, 3.05) is 0 Å². The molecule has 0 saturated carbocycles. The minimum atomic E-state index is -0.863. The van der Waals surface area contributed by atoms with Crippen molar-refractivity contribution in [1.29, 1.82) is 0 Å². The summed E-state index contributed by atoms with van der Waals surface area (Å²) in [4.78, 5) is 10.7. The second-order valence-corrected chi connectivity index (χ2v) is 4.08. The quantitative estimate of drug-likeness (QED) is 0.534. The summed E-state index contributed by atoms with van der Waals surface area (Å²) in [7, 11) is 0. The Balaban J connectivity index is 4.36. The van der Waals surface area contributed by atoms with Crippen molar-refractivity contribution in [3.8, 4) is 12.3 Å². The van der Waals surface area contributed by atoms with Crippen LogP contribution in [-0.2, 0) is 4.79 Å². The van der Waals surface area contributed by atoms with Gasteiger partial charge in [0.2, 0.25) is 0 Å². The van der Waals surface area contributed by atoms with E-state index in [-0.39, 0.29) is 11.8 Å². The van der Waals surface area contributed by atoms with Crippen molar-refractivity contribution >= 4 is 5.97 Å². The molecular weight excluding hydrogens is 164 g/mol. The smallest absolute Gasteiger partial charge is 0.311 e. The number of allylic oxidation sites excluding steroid dienone is 1. The molecule has 0 aliphatic rings. The van der Waals surface area contributed by atoms with E-state index in [4.69, 9.17) is 11.5 Å². The fourth-order valence-electron chi connectivity index (χ4n) is 0.769. The van der Waals surface area contributed by atoms with Gasteiger partial charge in [0.15, 0.2) is 0 Å². The summed E-state index contributed by atoms with van der Waals surface area (Å²) in [5, 5.41) is 8.75. The molecule has 0 aliphatic heterocycles. The maximum Gasteiger partial charge on any atom is 0.311 e. The first-order valence-corrected chi connectivity index (χ1v) is 4.22. The van der Waals surface area contributed by atoms with Gasteiger partial charge in [-0.1, -0.05) is 32.9 Å². The number of hydrogen-bond donors (Lipinski definition) is 1. The predicted molar refractivity (Wildman–Crippen MR) is 53.2 cm³/mol. The number of carboxylic acid groups (broad SMARTS) is 1. The number of rotatable bonds is 3. The molecular formula is C11H16O2. The predicted octanol–water partition coefficient (Wildman–Crippen LogP) is 2.31. The summed E-state index contributed by atoms with van der Waals surface area (Å²) < 4.78 is 0. The summed E-state index contributed by atoms with van der Waals surface area (Å²) in [5.74, 6) is 0.939. The van der Waals surface area contributed by atoms with E-state index >= 15 is 0 Å². The van der Waals surface area contributed by atoms with Crippen LogP contribution in [0.15, 0.2) is 12.2 Å². The topological polar surface area (TPSA) is 37.3 Å². The fourth-order valence-corrected chi connectivity index (χ4v) is 0.769. The Morgan fingerprint density at radius 2 is 2.15 bits per heavy atom. The number of carboxylic acids is 1. The fraction of sp³-hybridized carbons (Fsp3) is 0.545. The molecule has 0 aliphatic carbocycles. The van der Waals surface area contributed by atoms with Gasteiger partial charge in [-0.15, -0.1) is 12.3 Å². The number of terminal acetylenes is 1. The Labute approximate surface area is 79.7 Å². The highest BCUT2D eigenvalue weighted by molar-refractivity contribution is 5.72. The van der Waals surface area contributed by atoms with Gasteiger partial charge >= 0.3 is 5.97 Å². The van der Waals surface area contributed by atoms with Gasteiger partial charge < -0.3 is 5.11 Å². The Morgan fingerprint density at radius 1 is 1.62 bits per heavy atom. The van der Waals surface area contributed by atoms with E-state index < -0.39 is 11.9 Å². The normalized spacial score (nSPS) is 14.0. The Hall–Kier alpha value is -1.23. The molecule has 0 fully saturated rings. The van der Waals surface area contributed by atoms with Crippen LogP contribution in [0.3, 0.4) is 0 Å². The van der Waals surface area contributed by atoms with Gasteiger partial charge in [0.25, 0.3) is 0 Å². The molecule has 0 saturated heterocycles. The molecule has 1 atom stereocenters. The first kappa shape index (κ1) is 11.8. The van der Waals surface area contributed by atoms with Gasteiger partial charge in [0.1, 0.15) is 0 Å². The second kappa shape index (κ2) is 4.71. The van der Waals surface area contributed by atoms with Crippen molar-refractivity contribution in [1.82, 2.24) is 0 Å². The number of aliphatic carboxylic acids is 1. The van der Waals surface area contributed by atoms with Crippen LogP contribution >= 0.6 is 0 Å². The summed E-state index contributed by atoms with van der Waals surface area (Å²) in [6.07, 6.45) is 8.86. The third-order valence-electron chi connectivity index (χ3n) is 1.48. The first-order chi connectivity index (χ1) is 5.87. The van der Waals surface area contributed by atoms with Gasteiger partial charge in [-0.25, -0.2) is 0 Å². The van der Waals surface area contributed by atoms with E-state index in [0.717, 1.165) is 0 Å². The van der Waals surface area contributed by atoms with Crippen molar-refractivity contribution < 1.29 is 9.90 Å². The lowest BCUT2D eigenvalue weighted by molar-refractivity contribution is -0.139. The van der Waals surface area contributed by atoms with E-state index in [1.54, 1.807) is 6.08 Å². The maximum absolute atomic E-state index is 10.7. The molecule has 1 N–H and O–H groups in total. The molecule has 0 aromatic carbocycles. The standard InChI is InChI=1S/C11H16O2/c1-5-6-9(10(12)13)7-8-11(2,3)4/h1,7-9H,6H2,2-4H3,(H,12,13). The van der Waals surface area contributed by atoms with Crippen molar-refractivity contribution in [3.63, 3.8) is 0 Å². The van der Waals surface area contributed by atoms with Crippen LogP contribution in [0.1, 0.15) is 27.2 Å². The summed E-state index contributed by atoms with van der Waals surface area (Å²) in [5.41, 5.74) is 0.00228. The van der Waals surface area contributed by atoms with Gasteiger partial charge in [0.05, 0.1) is 5.92 Å². The zero-order valence-electron chi connectivity index (χ0n) is 8.37. The largest absolute Gasteiger partial charge is 0.481 e. The average molecular weight is 180 g/mol. The van der Waals surface area contributed by atoms with Crippen LogP contribution in [0.5, 0.6) is 0 Å². The Bertz CT molecular complexity index is 238. The molecule has 2 heteroatoms. The minimum absolute atomic E-state index is 0.00228. The monoisotopic (exact) mass is 180 g/mol. The molecule has 0 rings (SSSR count). The average Bonchev–Trinajstić information content (AvgIpc) is 1.95. The molecule has 0 spiro atoms. The van der Waals surface area contributed by atoms with Crippen molar-refractivity contribution in [2.24, 2.45) is 11.3 Å². The summed E-state index contributed by atoms with van der Waals surface area (Å²) in [6.45, 7) is 6.04. The van der Waals surface area contributed by atoms with E-state index in [0.29, 0.717) is 0 Å². The lowest BCUT2D eigenvalue weighted by atomic mass is 9.93. The molecule has 1 unspecified atom stereocenters. The second-order valence-electron chi connectivity index (χ2n) is 4.08. The number of carbonyl (C=O) groups is 1. The zero-order valence-corrected chi connectivity index (χ0v) is 8.37. The van der Waals surface area contributed by atoms with Gasteiger partial charge in [-0.2, -0.15) is 0 Å². The van der Waals surface area contributed by atoms with Crippen LogP contribution in [0, 0.1) is 23.7 Å². The molecule has 2 nitrogen and oxygen atoms in total. The molecule has 0 heterocycles. The third-order valence-corrected chi connectivity index (χ3v) is 1.48. The summed E-state index contributed by atoms with van der Waals surface area (Å²) in [6, 6.07) is 0. The first-order valence-electron chi connectivity index (χ1n) is 4.22. The summed E-state index contributed by atoms with van der Waals surface area (Å²) >= 11 is 0. The Morgan fingerprint density at radius 3 is 2.46 bits per heavy atom. The zero-order chi connectivity index (χ0) is 10.5. The SMILES string of the molecule is C#CCC(C=CC(C)(C)C)C(=O)O. The van der Waals surface area contributed by atoms with Crippen LogP contribution in [0.2, 0.25) is 0 Å². The van der Waals surface area contributed by atoms with E-state index in [1.165, 1.54) is 0 Å². The molecule has 13 heavy (non-hydrogen) atoms. The molecule has 0 amide bonds. The highest BCUT2D eigenvalue weighted by Crippen LogP contribution is 2.17. The maximum atomic E-state index is 10.7. The molecule has 0 aromatic heterocycles. The van der Waals surface area contributed by atoms with E-state index in [2.05, 4.69) is 5.92 Å². The molecule has 0 aromatic rings. The van der Waals surface area contributed by atoms with Crippen LogP contribution in [-0.4, -0.2) is 11.1 Å². The molecule has 0 radical (unpaired) electrons. The highest BCUT2D eigenvalue weighted by atomic mass is 16.4. The number of hydrogen-bond acceptors (Lipinski definition) is 1. The van der Waals surface area contributed by atoms with Crippen molar-refractivity contribution in [3.05, 3.63) is 12.2 Å². The van der Waals surface area contributed by atoms with Gasteiger partial charge in [-0.05, 0) is 5.41 Å². The van der Waals surface area contributed by atoms with Crippen molar-refractivity contribution in [2.45, 2.75) is 27.2 Å². The Kier molecular flexibility index (Phi) is 4.27. The van der Waals surface area contributed by atoms with Gasteiger partial charge in [-0.3, -0.25) is 4.79 Å². The third kappa shape index (κ3) is 5.98. The minimum Gasteiger partial charge on any atom is -0.481 e. The lowest BCUT2D eigenvalue weighted by Gasteiger charge is -2.12. The highest BCUT2D eigenvalue weighted by Gasteiger charge is 2.13. The van der Waals surface area contributed by atoms with Crippen LogP contribution in [0.4, 0.5) is 0 Å². The van der Waals surface area contributed by atoms with E-state index in [9.17, 15) is 4.79 Å².